The van der Waals surface area contributed by atoms with Gasteiger partial charge >= 0.3 is 6.03 Å². The van der Waals surface area contributed by atoms with Crippen LogP contribution in [-0.2, 0) is 0 Å². The molecule has 1 aromatic heterocycles. The van der Waals surface area contributed by atoms with Crippen LogP contribution in [-0.4, -0.2) is 38.2 Å². The zero-order valence-electron chi connectivity index (χ0n) is 15.8. The number of hydrogen-bond acceptors (Lipinski definition) is 5. The van der Waals surface area contributed by atoms with Gasteiger partial charge in [0.2, 0.25) is 0 Å². The molecule has 9 heteroatoms. The van der Waals surface area contributed by atoms with Crippen LogP contribution in [0.2, 0.25) is 0 Å². The van der Waals surface area contributed by atoms with E-state index in [1.54, 1.807) is 36.4 Å². The van der Waals surface area contributed by atoms with Gasteiger partial charge in [0.1, 0.15) is 6.33 Å². The van der Waals surface area contributed by atoms with Crippen LogP contribution in [0.5, 0.6) is 0 Å². The van der Waals surface area contributed by atoms with Gasteiger partial charge < -0.3 is 16.0 Å². The molecule has 2 aromatic carbocycles. The second kappa shape index (κ2) is 8.30. The number of rotatable bonds is 5. The van der Waals surface area contributed by atoms with Gasteiger partial charge in [-0.05, 0) is 67.1 Å². The third-order valence-corrected chi connectivity index (χ3v) is 3.87. The first-order valence-corrected chi connectivity index (χ1v) is 8.75. The summed E-state index contributed by atoms with van der Waals surface area (Å²) in [7, 11) is 0. The molecule has 9 nitrogen and oxygen atoms in total. The molecule has 0 aliphatic rings. The molecule has 3 rings (SSSR count). The van der Waals surface area contributed by atoms with E-state index in [4.69, 9.17) is 0 Å². The molecule has 0 aliphatic heterocycles. The monoisotopic (exact) mass is 379 g/mol. The molecule has 0 unspecified atom stereocenters. The molecule has 0 fully saturated rings. The molecular weight excluding hydrogens is 358 g/mol. The third-order valence-electron chi connectivity index (χ3n) is 3.87. The summed E-state index contributed by atoms with van der Waals surface area (Å²) in [6, 6.07) is 11.9. The van der Waals surface area contributed by atoms with E-state index in [2.05, 4.69) is 31.5 Å². The summed E-state index contributed by atoms with van der Waals surface area (Å²) in [5.41, 5.74) is 3.30. The van der Waals surface area contributed by atoms with Crippen molar-refractivity contribution in [1.29, 1.82) is 0 Å². The number of amides is 3. The Morgan fingerprint density at radius 1 is 1.04 bits per heavy atom. The van der Waals surface area contributed by atoms with Crippen LogP contribution in [0, 0.1) is 6.92 Å². The standard InChI is InChI=1S/C19H21N7O2/c1-12(2)21-19(28)23-15-6-4-5-14(9-15)18(27)22-16-8-7-13(3)17(10-16)26-11-20-24-25-26/h4-12H,1-3H3,(H,22,27)(H2,21,23,28). The van der Waals surface area contributed by atoms with Crippen LogP contribution in [0.15, 0.2) is 48.8 Å². The van der Waals surface area contributed by atoms with Crippen molar-refractivity contribution in [2.75, 3.05) is 10.6 Å². The SMILES string of the molecule is Cc1ccc(NC(=O)c2cccc(NC(=O)NC(C)C)c2)cc1-n1cnnn1. The van der Waals surface area contributed by atoms with Gasteiger partial charge in [-0.2, -0.15) is 0 Å². The molecule has 1 heterocycles. The lowest BCUT2D eigenvalue weighted by Gasteiger charge is -2.12. The molecule has 28 heavy (non-hydrogen) atoms. The fourth-order valence-electron chi connectivity index (χ4n) is 2.58. The summed E-state index contributed by atoms with van der Waals surface area (Å²) < 4.78 is 1.53. The fraction of sp³-hybridized carbons (Fsp3) is 0.211. The second-order valence-electron chi connectivity index (χ2n) is 6.54. The van der Waals surface area contributed by atoms with Crippen LogP contribution in [0.1, 0.15) is 29.8 Å². The van der Waals surface area contributed by atoms with E-state index >= 15 is 0 Å². The van der Waals surface area contributed by atoms with Crippen LogP contribution in [0.25, 0.3) is 5.69 Å². The number of tetrazole rings is 1. The smallest absolute Gasteiger partial charge is 0.319 e. The largest absolute Gasteiger partial charge is 0.336 e. The van der Waals surface area contributed by atoms with Crippen LogP contribution in [0.3, 0.4) is 0 Å². The number of carbonyl (C=O) groups excluding carboxylic acids is 2. The number of carbonyl (C=O) groups is 2. The minimum atomic E-state index is -0.322. The lowest BCUT2D eigenvalue weighted by Crippen LogP contribution is -2.34. The van der Waals surface area contributed by atoms with Crippen LogP contribution >= 0.6 is 0 Å². The highest BCUT2D eigenvalue weighted by Crippen LogP contribution is 2.19. The summed E-state index contributed by atoms with van der Waals surface area (Å²) >= 11 is 0. The zero-order valence-corrected chi connectivity index (χ0v) is 15.8. The average molecular weight is 379 g/mol. The Kier molecular flexibility index (Phi) is 5.64. The number of anilines is 2. The van der Waals surface area contributed by atoms with Crippen molar-refractivity contribution in [3.63, 3.8) is 0 Å². The number of nitrogens with one attached hydrogen (secondary N) is 3. The molecule has 0 spiro atoms. The van der Waals surface area contributed by atoms with Gasteiger partial charge in [0.15, 0.2) is 0 Å². The first kappa shape index (κ1) is 19.0. The lowest BCUT2D eigenvalue weighted by atomic mass is 10.1. The Labute approximate surface area is 162 Å². The first-order valence-electron chi connectivity index (χ1n) is 8.75. The average Bonchev–Trinajstić information content (AvgIpc) is 3.17. The fourth-order valence-corrected chi connectivity index (χ4v) is 2.58. The van der Waals surface area contributed by atoms with Crippen molar-refractivity contribution in [1.82, 2.24) is 25.5 Å². The summed E-state index contributed by atoms with van der Waals surface area (Å²) in [4.78, 5) is 24.5. The number of urea groups is 1. The molecule has 0 bridgehead atoms. The molecule has 0 atom stereocenters. The number of benzene rings is 2. The highest BCUT2D eigenvalue weighted by atomic mass is 16.2. The van der Waals surface area contributed by atoms with Crippen molar-refractivity contribution < 1.29 is 9.59 Å². The van der Waals surface area contributed by atoms with E-state index in [9.17, 15) is 9.59 Å². The maximum Gasteiger partial charge on any atom is 0.319 e. The molecule has 3 aromatic rings. The predicted octanol–water partition coefficient (Wildman–Crippen LogP) is 2.75. The Balaban J connectivity index is 1.74. The molecular formula is C19H21N7O2. The second-order valence-corrected chi connectivity index (χ2v) is 6.54. The summed E-state index contributed by atoms with van der Waals surface area (Å²) in [5.74, 6) is -0.292. The Hall–Kier alpha value is -3.75. The minimum Gasteiger partial charge on any atom is -0.336 e. The maximum atomic E-state index is 12.6. The summed E-state index contributed by atoms with van der Waals surface area (Å²) in [6.07, 6.45) is 1.49. The number of aryl methyl sites for hydroxylation is 1. The van der Waals surface area contributed by atoms with Gasteiger partial charge in [-0.1, -0.05) is 12.1 Å². The highest BCUT2D eigenvalue weighted by Gasteiger charge is 2.11. The molecule has 0 saturated heterocycles. The minimum absolute atomic E-state index is 0.0161. The lowest BCUT2D eigenvalue weighted by molar-refractivity contribution is 0.102. The van der Waals surface area contributed by atoms with Crippen LogP contribution in [0.4, 0.5) is 16.2 Å². The van der Waals surface area contributed by atoms with E-state index in [0.717, 1.165) is 11.3 Å². The Morgan fingerprint density at radius 2 is 1.82 bits per heavy atom. The van der Waals surface area contributed by atoms with Gasteiger partial charge in [0, 0.05) is 23.0 Å². The number of hydrogen-bond donors (Lipinski definition) is 3. The van der Waals surface area contributed by atoms with Gasteiger partial charge in [-0.25, -0.2) is 9.48 Å². The van der Waals surface area contributed by atoms with E-state index < -0.39 is 0 Å². The van der Waals surface area contributed by atoms with Crippen molar-refractivity contribution >= 4 is 23.3 Å². The summed E-state index contributed by atoms with van der Waals surface area (Å²) in [6.45, 7) is 5.67. The Morgan fingerprint density at radius 3 is 2.54 bits per heavy atom. The molecule has 144 valence electrons. The molecule has 0 aliphatic carbocycles. The van der Waals surface area contributed by atoms with Crippen molar-refractivity contribution in [2.45, 2.75) is 26.8 Å². The van der Waals surface area contributed by atoms with E-state index in [0.29, 0.717) is 16.9 Å². The van der Waals surface area contributed by atoms with Gasteiger partial charge in [0.05, 0.1) is 5.69 Å². The van der Waals surface area contributed by atoms with Gasteiger partial charge in [-0.3, -0.25) is 4.79 Å². The van der Waals surface area contributed by atoms with Gasteiger partial charge in [0.25, 0.3) is 5.91 Å². The highest BCUT2D eigenvalue weighted by molar-refractivity contribution is 6.05. The van der Waals surface area contributed by atoms with E-state index in [1.807, 2.05) is 26.8 Å². The number of aromatic nitrogens is 4. The maximum absolute atomic E-state index is 12.6. The van der Waals surface area contributed by atoms with E-state index in [1.165, 1.54) is 11.0 Å². The zero-order chi connectivity index (χ0) is 20.1. The van der Waals surface area contributed by atoms with Crippen molar-refractivity contribution in [3.05, 3.63) is 59.9 Å². The molecule has 3 amide bonds. The molecule has 0 saturated carbocycles. The Bertz CT molecular complexity index is 984. The third kappa shape index (κ3) is 4.70. The van der Waals surface area contributed by atoms with Gasteiger partial charge in [-0.15, -0.1) is 5.10 Å². The van der Waals surface area contributed by atoms with E-state index in [-0.39, 0.29) is 18.0 Å². The van der Waals surface area contributed by atoms with Crippen molar-refractivity contribution in [2.24, 2.45) is 0 Å². The van der Waals surface area contributed by atoms with Crippen molar-refractivity contribution in [3.8, 4) is 5.69 Å². The normalized spacial score (nSPS) is 10.6. The summed E-state index contributed by atoms with van der Waals surface area (Å²) in [5, 5.41) is 19.4. The topological polar surface area (TPSA) is 114 Å². The molecule has 0 radical (unpaired) electrons. The quantitative estimate of drug-likeness (QED) is 0.631. The molecule has 3 N–H and O–H groups in total. The number of nitrogens with zero attached hydrogens (tertiary/aromatic N) is 4. The predicted molar refractivity (Wildman–Crippen MR) is 106 cm³/mol. The first-order chi connectivity index (χ1) is 13.4. The van der Waals surface area contributed by atoms with Crippen LogP contribution < -0.4 is 16.0 Å².